The number of benzene rings is 1. The van der Waals surface area contributed by atoms with Gasteiger partial charge in [0, 0.05) is 15.5 Å². The first-order chi connectivity index (χ1) is 9.40. The second-order valence-electron chi connectivity index (χ2n) is 3.75. The van der Waals surface area contributed by atoms with Gasteiger partial charge in [0.15, 0.2) is 0 Å². The number of methoxy groups -OCH3 is 1. The van der Waals surface area contributed by atoms with E-state index >= 15 is 0 Å². The van der Waals surface area contributed by atoms with Gasteiger partial charge in [-0.2, -0.15) is 18.2 Å². The van der Waals surface area contributed by atoms with Crippen LogP contribution in [-0.4, -0.2) is 17.1 Å². The summed E-state index contributed by atoms with van der Waals surface area (Å²) in [5.41, 5.74) is -0.327. The summed E-state index contributed by atoms with van der Waals surface area (Å²) in [6, 6.07) is 7.27. The molecule has 0 unspecified atom stereocenters. The predicted octanol–water partition coefficient (Wildman–Crippen LogP) is 3.85. The molecule has 0 aliphatic rings. The summed E-state index contributed by atoms with van der Waals surface area (Å²) in [6.45, 7) is 0. The Bertz CT molecular complexity index is 619. The van der Waals surface area contributed by atoms with E-state index < -0.39 is 17.6 Å². The minimum absolute atomic E-state index is 0.0388. The Balaban J connectivity index is 2.30. The molecule has 1 aromatic heterocycles. The molecule has 0 bridgehead atoms. The van der Waals surface area contributed by atoms with Crippen LogP contribution in [0.15, 0.2) is 30.5 Å². The maximum Gasteiger partial charge on any atom is 0.423 e. The summed E-state index contributed by atoms with van der Waals surface area (Å²) in [7, 11) is 1.13. The molecule has 4 nitrogen and oxygen atoms in total. The van der Waals surface area contributed by atoms with Gasteiger partial charge in [0.25, 0.3) is 0 Å². The van der Waals surface area contributed by atoms with Gasteiger partial charge in [0.05, 0.1) is 7.11 Å². The number of alkyl halides is 3. The highest BCUT2D eigenvalue weighted by Crippen LogP contribution is 2.35. The van der Waals surface area contributed by atoms with Gasteiger partial charge in [-0.05, 0) is 40.8 Å². The number of hydrogen-bond donors (Lipinski definition) is 1. The van der Waals surface area contributed by atoms with E-state index in [1.165, 1.54) is 0 Å². The summed E-state index contributed by atoms with van der Waals surface area (Å²) >= 11 is 2.12. The van der Waals surface area contributed by atoms with Gasteiger partial charge in [0.2, 0.25) is 11.8 Å². The molecule has 2 aromatic rings. The summed E-state index contributed by atoms with van der Waals surface area (Å²) < 4.78 is 43.6. The molecule has 106 valence electrons. The maximum absolute atomic E-state index is 12.7. The standard InChI is InChI=1S/C12H9F3IN3O/c1-20-10-9(12(13,14)15)6-17-11(19-10)18-8-4-2-3-7(16)5-8/h2-6H,1H3,(H,17,18,19). The molecule has 0 saturated carbocycles. The van der Waals surface area contributed by atoms with Crippen LogP contribution >= 0.6 is 22.6 Å². The number of nitrogens with one attached hydrogen (secondary N) is 1. The highest BCUT2D eigenvalue weighted by atomic mass is 127. The van der Waals surface area contributed by atoms with Crippen LogP contribution in [0, 0.1) is 3.57 Å². The largest absolute Gasteiger partial charge is 0.480 e. The second-order valence-corrected chi connectivity index (χ2v) is 5.00. The number of rotatable bonds is 3. The Kier molecular flexibility index (Phi) is 4.31. The summed E-state index contributed by atoms with van der Waals surface area (Å²) in [6.07, 6.45) is -3.85. The first-order valence-corrected chi connectivity index (χ1v) is 6.49. The third-order valence-electron chi connectivity index (χ3n) is 2.33. The predicted molar refractivity (Wildman–Crippen MR) is 76.0 cm³/mol. The van der Waals surface area contributed by atoms with Crippen LogP contribution in [0.3, 0.4) is 0 Å². The molecule has 1 heterocycles. The maximum atomic E-state index is 12.7. The van der Waals surface area contributed by atoms with Crippen molar-refractivity contribution in [2.75, 3.05) is 12.4 Å². The molecule has 20 heavy (non-hydrogen) atoms. The van der Waals surface area contributed by atoms with Crippen molar-refractivity contribution in [2.24, 2.45) is 0 Å². The van der Waals surface area contributed by atoms with Crippen molar-refractivity contribution >= 4 is 34.2 Å². The second kappa shape index (κ2) is 5.81. The number of ether oxygens (including phenoxy) is 1. The smallest absolute Gasteiger partial charge is 0.423 e. The lowest BCUT2D eigenvalue weighted by atomic mass is 10.3. The topological polar surface area (TPSA) is 47.0 Å². The van der Waals surface area contributed by atoms with Gasteiger partial charge >= 0.3 is 6.18 Å². The average Bonchev–Trinajstić information content (AvgIpc) is 2.37. The SMILES string of the molecule is COc1nc(Nc2cccc(I)c2)ncc1C(F)(F)F. The highest BCUT2D eigenvalue weighted by Gasteiger charge is 2.36. The van der Waals surface area contributed by atoms with E-state index in [4.69, 9.17) is 0 Å². The van der Waals surface area contributed by atoms with Crippen molar-refractivity contribution in [1.82, 2.24) is 9.97 Å². The van der Waals surface area contributed by atoms with Crippen molar-refractivity contribution in [2.45, 2.75) is 6.18 Å². The molecule has 8 heteroatoms. The van der Waals surface area contributed by atoms with E-state index in [-0.39, 0.29) is 5.95 Å². The Labute approximate surface area is 126 Å². The normalized spacial score (nSPS) is 11.2. The molecule has 0 aliphatic carbocycles. The Morgan fingerprint density at radius 2 is 2.05 bits per heavy atom. The van der Waals surface area contributed by atoms with Gasteiger partial charge in [-0.3, -0.25) is 0 Å². The number of aromatic nitrogens is 2. The van der Waals surface area contributed by atoms with Gasteiger partial charge < -0.3 is 10.1 Å². The molecule has 1 aromatic carbocycles. The zero-order chi connectivity index (χ0) is 14.8. The molecule has 0 spiro atoms. The number of halogens is 4. The lowest BCUT2D eigenvalue weighted by Gasteiger charge is -2.12. The molecule has 0 saturated heterocycles. The van der Waals surface area contributed by atoms with E-state index in [1.807, 2.05) is 18.2 Å². The van der Waals surface area contributed by atoms with E-state index in [0.717, 1.165) is 10.7 Å². The van der Waals surface area contributed by atoms with Crippen molar-refractivity contribution in [1.29, 1.82) is 0 Å². The van der Waals surface area contributed by atoms with Gasteiger partial charge in [-0.1, -0.05) is 6.07 Å². The quantitative estimate of drug-likeness (QED) is 0.803. The minimum atomic E-state index is -4.55. The summed E-state index contributed by atoms with van der Waals surface area (Å²) in [5.74, 6) is -0.475. The molecular weight excluding hydrogens is 386 g/mol. The third-order valence-corrected chi connectivity index (χ3v) is 3.00. The third kappa shape index (κ3) is 3.50. The van der Waals surface area contributed by atoms with E-state index in [9.17, 15) is 13.2 Å². The first-order valence-electron chi connectivity index (χ1n) is 5.41. The molecule has 0 fully saturated rings. The molecule has 0 amide bonds. The molecular formula is C12H9F3IN3O. The van der Waals surface area contributed by atoms with Crippen molar-refractivity contribution in [3.05, 3.63) is 39.6 Å². The molecule has 1 N–H and O–H groups in total. The fraction of sp³-hybridized carbons (Fsp3) is 0.167. The Morgan fingerprint density at radius 1 is 1.30 bits per heavy atom. The van der Waals surface area contributed by atoms with Crippen LogP contribution in [-0.2, 0) is 6.18 Å². The van der Waals surface area contributed by atoms with Crippen molar-refractivity contribution in [3.8, 4) is 5.88 Å². The van der Waals surface area contributed by atoms with Crippen LogP contribution < -0.4 is 10.1 Å². The van der Waals surface area contributed by atoms with Crippen molar-refractivity contribution < 1.29 is 17.9 Å². The summed E-state index contributed by atoms with van der Waals surface area (Å²) in [4.78, 5) is 7.37. The fourth-order valence-corrected chi connectivity index (χ4v) is 2.01. The summed E-state index contributed by atoms with van der Waals surface area (Å²) in [5, 5.41) is 2.82. The van der Waals surface area contributed by atoms with Gasteiger partial charge in [-0.25, -0.2) is 4.98 Å². The lowest BCUT2D eigenvalue weighted by Crippen LogP contribution is -2.11. The Morgan fingerprint density at radius 3 is 2.65 bits per heavy atom. The number of nitrogens with zero attached hydrogens (tertiary/aromatic N) is 2. The van der Waals surface area contributed by atoms with Gasteiger partial charge in [0.1, 0.15) is 5.56 Å². The highest BCUT2D eigenvalue weighted by molar-refractivity contribution is 14.1. The van der Waals surface area contributed by atoms with Crippen LogP contribution in [0.5, 0.6) is 5.88 Å². The number of anilines is 2. The fourth-order valence-electron chi connectivity index (χ4n) is 1.47. The van der Waals surface area contributed by atoms with E-state index in [1.54, 1.807) is 6.07 Å². The molecule has 0 aliphatic heterocycles. The monoisotopic (exact) mass is 395 g/mol. The van der Waals surface area contributed by atoms with Crippen molar-refractivity contribution in [3.63, 3.8) is 0 Å². The van der Waals surface area contributed by atoms with Gasteiger partial charge in [-0.15, -0.1) is 0 Å². The Hall–Kier alpha value is -1.58. The zero-order valence-electron chi connectivity index (χ0n) is 10.2. The van der Waals surface area contributed by atoms with Crippen LogP contribution in [0.25, 0.3) is 0 Å². The molecule has 2 rings (SSSR count). The van der Waals surface area contributed by atoms with Crippen LogP contribution in [0.1, 0.15) is 5.56 Å². The lowest BCUT2D eigenvalue weighted by molar-refractivity contribution is -0.139. The molecule has 0 radical (unpaired) electrons. The van der Waals surface area contributed by atoms with Crippen LogP contribution in [0.2, 0.25) is 0 Å². The van der Waals surface area contributed by atoms with Crippen LogP contribution in [0.4, 0.5) is 24.8 Å². The molecule has 0 atom stereocenters. The van der Waals surface area contributed by atoms with E-state index in [0.29, 0.717) is 11.9 Å². The average molecular weight is 395 g/mol. The number of hydrogen-bond acceptors (Lipinski definition) is 4. The van der Waals surface area contributed by atoms with E-state index in [2.05, 4.69) is 42.6 Å². The first kappa shape index (κ1) is 14.8. The minimum Gasteiger partial charge on any atom is -0.480 e. The zero-order valence-corrected chi connectivity index (χ0v) is 12.4.